The van der Waals surface area contributed by atoms with Crippen LogP contribution < -0.4 is 0 Å². The maximum absolute atomic E-state index is 11.1. The third kappa shape index (κ3) is 6.00. The molecule has 1 fully saturated rings. The van der Waals surface area contributed by atoms with Gasteiger partial charge in [-0.3, -0.25) is 0 Å². The molecule has 0 bridgehead atoms. The van der Waals surface area contributed by atoms with E-state index in [1.165, 1.54) is 0 Å². The summed E-state index contributed by atoms with van der Waals surface area (Å²) >= 11 is 0. The van der Waals surface area contributed by atoms with Crippen molar-refractivity contribution in [2.45, 2.75) is 24.9 Å². The topological polar surface area (TPSA) is 262 Å². The van der Waals surface area contributed by atoms with Gasteiger partial charge in [-0.05, 0) is 18.8 Å². The third-order valence-electron chi connectivity index (χ3n) is 4.71. The first-order valence-electron chi connectivity index (χ1n) is 7.87. The second-order valence-corrected chi connectivity index (χ2v) is 6.06. The van der Waals surface area contributed by atoms with Gasteiger partial charge in [-0.2, -0.15) is 0 Å². The van der Waals surface area contributed by atoms with Crippen LogP contribution >= 0.6 is 0 Å². The van der Waals surface area contributed by atoms with E-state index in [4.69, 9.17) is 0 Å². The molecule has 20 nitrogen and oxygen atoms in total. The molecule has 20 heteroatoms. The number of hydrogen-bond donors (Lipinski definition) is 0. The van der Waals surface area contributed by atoms with Gasteiger partial charge in [0.2, 0.25) is 0 Å². The number of hydrogen-bond acceptors (Lipinski definition) is 15. The highest BCUT2D eigenvalue weighted by atomic mass is 17.0. The molecule has 2 atom stereocenters. The van der Waals surface area contributed by atoms with Crippen LogP contribution in [-0.2, 0) is 24.2 Å². The standard InChI is InChI=1S/C10H15N5O15/c16-11(17)26-4-8-2-1-3-10(30-15(24)25,7-29-14(22)23)9(8,5-27-12(18)19)6-28-13(20)21/h8H,1-7H2. The monoisotopic (exact) mass is 445 g/mol. The Morgan fingerprint density at radius 2 is 1.17 bits per heavy atom. The highest BCUT2D eigenvalue weighted by Crippen LogP contribution is 2.51. The van der Waals surface area contributed by atoms with Crippen molar-refractivity contribution in [3.05, 3.63) is 50.6 Å². The first kappa shape index (κ1) is 24.0. The zero-order valence-electron chi connectivity index (χ0n) is 14.9. The Morgan fingerprint density at radius 3 is 1.60 bits per heavy atom. The average molecular weight is 445 g/mol. The molecular weight excluding hydrogens is 430 g/mol. The fourth-order valence-electron chi connectivity index (χ4n) is 3.48. The summed E-state index contributed by atoms with van der Waals surface area (Å²) in [5.74, 6) is -1.30. The molecule has 1 aliphatic rings. The second-order valence-electron chi connectivity index (χ2n) is 6.06. The van der Waals surface area contributed by atoms with E-state index in [0.717, 1.165) is 0 Å². The number of nitrogens with zero attached hydrogens (tertiary/aromatic N) is 5. The quantitative estimate of drug-likeness (QED) is 0.242. The van der Waals surface area contributed by atoms with Crippen LogP contribution in [0.1, 0.15) is 19.3 Å². The minimum atomic E-state index is -2.45. The molecule has 1 aliphatic carbocycles. The van der Waals surface area contributed by atoms with Gasteiger partial charge in [-0.25, -0.2) is 0 Å². The Hall–Kier alpha value is -4.00. The summed E-state index contributed by atoms with van der Waals surface area (Å²) < 4.78 is 0. The molecule has 0 aromatic rings. The third-order valence-corrected chi connectivity index (χ3v) is 4.71. The Morgan fingerprint density at radius 1 is 0.700 bits per heavy atom. The minimum absolute atomic E-state index is 0.000661. The van der Waals surface area contributed by atoms with Crippen molar-refractivity contribution in [2.75, 3.05) is 26.4 Å². The lowest BCUT2D eigenvalue weighted by molar-refractivity contribution is -0.817. The summed E-state index contributed by atoms with van der Waals surface area (Å²) in [5.41, 5.74) is -4.72. The van der Waals surface area contributed by atoms with Crippen molar-refractivity contribution in [3.8, 4) is 0 Å². The Balaban J connectivity index is 3.56. The summed E-state index contributed by atoms with van der Waals surface area (Å²) in [4.78, 5) is 75.5. The fourth-order valence-corrected chi connectivity index (χ4v) is 3.48. The molecule has 2 unspecified atom stereocenters. The van der Waals surface area contributed by atoms with Crippen LogP contribution in [0.25, 0.3) is 0 Å². The first-order chi connectivity index (χ1) is 13.9. The molecule has 0 amide bonds. The van der Waals surface area contributed by atoms with Crippen molar-refractivity contribution in [1.29, 1.82) is 0 Å². The maximum Gasteiger partial charge on any atom is 0.295 e. The molecule has 0 spiro atoms. The molecular formula is C10H15N5O15. The van der Waals surface area contributed by atoms with Gasteiger partial charge in [-0.15, -0.1) is 50.6 Å². The molecule has 1 rings (SSSR count). The van der Waals surface area contributed by atoms with Crippen LogP contribution in [0.3, 0.4) is 0 Å². The van der Waals surface area contributed by atoms with E-state index in [2.05, 4.69) is 24.2 Å². The predicted molar refractivity (Wildman–Crippen MR) is 82.4 cm³/mol. The van der Waals surface area contributed by atoms with Gasteiger partial charge in [0.05, 0.1) is 5.41 Å². The van der Waals surface area contributed by atoms with Gasteiger partial charge in [0.1, 0.15) is 26.4 Å². The normalized spacial score (nSPS) is 22.2. The second kappa shape index (κ2) is 9.97. The zero-order valence-corrected chi connectivity index (χ0v) is 14.9. The predicted octanol–water partition coefficient (Wildman–Crippen LogP) is -0.447. The lowest BCUT2D eigenvalue weighted by atomic mass is 9.58. The smallest absolute Gasteiger partial charge is 0.295 e. The summed E-state index contributed by atoms with van der Waals surface area (Å²) in [6, 6.07) is 0. The molecule has 30 heavy (non-hydrogen) atoms. The molecule has 0 aliphatic heterocycles. The molecule has 170 valence electrons. The lowest BCUT2D eigenvalue weighted by Crippen LogP contribution is -2.65. The summed E-state index contributed by atoms with van der Waals surface area (Å²) in [7, 11) is 0. The molecule has 0 N–H and O–H groups in total. The van der Waals surface area contributed by atoms with Crippen LogP contribution in [0.4, 0.5) is 0 Å². The van der Waals surface area contributed by atoms with Crippen molar-refractivity contribution in [1.82, 2.24) is 0 Å². The van der Waals surface area contributed by atoms with Crippen molar-refractivity contribution in [2.24, 2.45) is 11.3 Å². The van der Waals surface area contributed by atoms with Crippen molar-refractivity contribution in [3.63, 3.8) is 0 Å². The van der Waals surface area contributed by atoms with Crippen molar-refractivity contribution >= 4 is 0 Å². The van der Waals surface area contributed by atoms with E-state index in [9.17, 15) is 50.6 Å². The first-order valence-corrected chi connectivity index (χ1v) is 7.87. The van der Waals surface area contributed by atoms with E-state index < -0.39 is 75.2 Å². The van der Waals surface area contributed by atoms with E-state index in [1.807, 2.05) is 0 Å². The highest BCUT2D eigenvalue weighted by Gasteiger charge is 2.62. The van der Waals surface area contributed by atoms with Crippen LogP contribution in [0, 0.1) is 61.9 Å². The van der Waals surface area contributed by atoms with Gasteiger partial charge in [0, 0.05) is 0 Å². The molecule has 1 saturated carbocycles. The maximum atomic E-state index is 11.1. The van der Waals surface area contributed by atoms with Crippen LogP contribution in [0.5, 0.6) is 0 Å². The molecule has 0 aromatic heterocycles. The van der Waals surface area contributed by atoms with E-state index in [1.54, 1.807) is 0 Å². The van der Waals surface area contributed by atoms with E-state index >= 15 is 0 Å². The Kier molecular flexibility index (Phi) is 7.99. The van der Waals surface area contributed by atoms with Crippen LogP contribution in [0.15, 0.2) is 0 Å². The van der Waals surface area contributed by atoms with E-state index in [0.29, 0.717) is 0 Å². The molecule has 0 radical (unpaired) electrons. The van der Waals surface area contributed by atoms with Crippen LogP contribution in [-0.4, -0.2) is 57.5 Å². The molecule has 0 aromatic carbocycles. The van der Waals surface area contributed by atoms with Gasteiger partial charge in [-0.1, -0.05) is 6.42 Å². The summed E-state index contributed by atoms with van der Waals surface area (Å²) in [6.45, 7) is -4.41. The van der Waals surface area contributed by atoms with Gasteiger partial charge in [0.15, 0.2) is 5.60 Å². The average Bonchev–Trinajstić information content (AvgIpc) is 2.62. The van der Waals surface area contributed by atoms with Crippen LogP contribution in [0.2, 0.25) is 0 Å². The zero-order chi connectivity index (χ0) is 22.9. The molecule has 0 saturated heterocycles. The summed E-state index contributed by atoms with van der Waals surface area (Å²) in [5, 5.41) is 47.3. The van der Waals surface area contributed by atoms with Crippen molar-refractivity contribution < 1.29 is 49.6 Å². The lowest BCUT2D eigenvalue weighted by Gasteiger charge is -2.53. The number of rotatable bonds is 14. The Bertz CT molecular complexity index is 669. The SMILES string of the molecule is O=[N+]([O-])OCC1CCCC(CO[N+](=O)[O-])(O[N+](=O)[O-])C1(CO[N+](=O)[O-])CO[N+](=O)[O-]. The van der Waals surface area contributed by atoms with Gasteiger partial charge < -0.3 is 24.2 Å². The fraction of sp³-hybridized carbons (Fsp3) is 1.00. The highest BCUT2D eigenvalue weighted by molar-refractivity contribution is 5.06. The molecule has 0 heterocycles. The largest absolute Gasteiger partial charge is 0.314 e. The minimum Gasteiger partial charge on any atom is -0.314 e. The summed E-state index contributed by atoms with van der Waals surface area (Å²) in [6.07, 6.45) is -0.477. The van der Waals surface area contributed by atoms with E-state index in [-0.39, 0.29) is 12.8 Å². The van der Waals surface area contributed by atoms with Gasteiger partial charge >= 0.3 is 0 Å². The Labute approximate surface area is 164 Å². The van der Waals surface area contributed by atoms with Gasteiger partial charge in [0.25, 0.3) is 25.4 Å².